The first kappa shape index (κ1) is 26.3. The number of hydrogen-bond donors (Lipinski definition) is 1. The van der Waals surface area contributed by atoms with Crippen molar-refractivity contribution < 1.29 is 14.4 Å². The van der Waals surface area contributed by atoms with Gasteiger partial charge in [-0.15, -0.1) is 0 Å². The molecule has 1 N–H and O–H groups in total. The number of unbranched alkanes of at least 4 members (excludes halogenated alkanes) is 6. The van der Waals surface area contributed by atoms with Crippen LogP contribution in [0.5, 0.6) is 0 Å². The second-order valence-electron chi connectivity index (χ2n) is 8.30. The topological polar surface area (TPSA) is 78.8 Å². The van der Waals surface area contributed by atoms with E-state index in [2.05, 4.69) is 10.3 Å². The van der Waals surface area contributed by atoms with E-state index in [1.807, 2.05) is 7.05 Å². The zero-order chi connectivity index (χ0) is 23.5. The van der Waals surface area contributed by atoms with Crippen LogP contribution in [-0.4, -0.2) is 54.4 Å². The lowest BCUT2D eigenvalue weighted by atomic mass is 10.0. The van der Waals surface area contributed by atoms with Crippen LogP contribution in [0.1, 0.15) is 75.1 Å². The summed E-state index contributed by atoms with van der Waals surface area (Å²) in [4.78, 5) is 42.6. The Labute approximate surface area is 200 Å². The molecule has 1 aliphatic heterocycles. The maximum atomic E-state index is 12.5. The van der Waals surface area contributed by atoms with E-state index in [9.17, 15) is 14.4 Å². The maximum Gasteiger partial charge on any atom is 0.267 e. The standard InChI is InChI=1S/C24H33Cl2N3O3/c1-17(30)20(28-23(31)22-18(25)11-10-12-19(22)26)13-8-6-4-3-5-7-9-14-21-24(32)29(2)16-15-27-21/h10-12,20H,3-9,13-16H2,1-2H3,(H,28,31)/t20-/m0/s1. The van der Waals surface area contributed by atoms with Crippen molar-refractivity contribution in [3.63, 3.8) is 0 Å². The molecule has 1 atom stereocenters. The van der Waals surface area contributed by atoms with E-state index in [4.69, 9.17) is 23.2 Å². The molecule has 0 unspecified atom stereocenters. The predicted octanol–water partition coefficient (Wildman–Crippen LogP) is 5.10. The van der Waals surface area contributed by atoms with E-state index < -0.39 is 11.9 Å². The Kier molecular flexibility index (Phi) is 11.2. The minimum Gasteiger partial charge on any atom is -0.342 e. The lowest BCUT2D eigenvalue weighted by molar-refractivity contribution is -0.123. The highest BCUT2D eigenvalue weighted by Gasteiger charge is 2.21. The van der Waals surface area contributed by atoms with Crippen LogP contribution in [0.15, 0.2) is 23.2 Å². The van der Waals surface area contributed by atoms with Crippen molar-refractivity contribution >= 4 is 46.5 Å². The molecule has 0 saturated heterocycles. The summed E-state index contributed by atoms with van der Waals surface area (Å²) >= 11 is 12.2. The molecule has 0 saturated carbocycles. The normalized spacial score (nSPS) is 14.8. The Bertz CT molecular complexity index is 822. The van der Waals surface area contributed by atoms with Crippen LogP contribution < -0.4 is 5.32 Å². The van der Waals surface area contributed by atoms with Gasteiger partial charge in [-0.1, -0.05) is 67.8 Å². The number of nitrogens with zero attached hydrogens (tertiary/aromatic N) is 2. The van der Waals surface area contributed by atoms with Crippen molar-refractivity contribution in [3.05, 3.63) is 33.8 Å². The molecule has 2 amide bonds. The van der Waals surface area contributed by atoms with E-state index in [1.165, 1.54) is 6.92 Å². The van der Waals surface area contributed by atoms with Gasteiger partial charge < -0.3 is 10.2 Å². The van der Waals surface area contributed by atoms with Crippen LogP contribution in [0.3, 0.4) is 0 Å². The number of rotatable bonds is 13. The number of carbonyl (C=O) groups excluding carboxylic acids is 3. The van der Waals surface area contributed by atoms with Crippen LogP contribution in [0, 0.1) is 0 Å². The number of ketones is 1. The van der Waals surface area contributed by atoms with Crippen LogP contribution in [0.25, 0.3) is 0 Å². The van der Waals surface area contributed by atoms with Crippen molar-refractivity contribution in [2.45, 2.75) is 70.8 Å². The molecule has 0 radical (unpaired) electrons. The molecular formula is C24H33Cl2N3O3. The zero-order valence-corrected chi connectivity index (χ0v) is 20.5. The largest absolute Gasteiger partial charge is 0.342 e. The molecule has 1 aromatic carbocycles. The fourth-order valence-corrected chi connectivity index (χ4v) is 4.33. The Morgan fingerprint density at radius 3 is 2.28 bits per heavy atom. The highest BCUT2D eigenvalue weighted by Crippen LogP contribution is 2.24. The highest BCUT2D eigenvalue weighted by molar-refractivity contribution is 6.40. The van der Waals surface area contributed by atoms with Gasteiger partial charge in [0.1, 0.15) is 0 Å². The first-order chi connectivity index (χ1) is 15.3. The quantitative estimate of drug-likeness (QED) is 0.397. The summed E-state index contributed by atoms with van der Waals surface area (Å²) in [6, 6.07) is 4.34. The van der Waals surface area contributed by atoms with Crippen molar-refractivity contribution in [1.29, 1.82) is 0 Å². The molecule has 8 heteroatoms. The highest BCUT2D eigenvalue weighted by atomic mass is 35.5. The van der Waals surface area contributed by atoms with Crippen LogP contribution in [0.4, 0.5) is 0 Å². The van der Waals surface area contributed by atoms with E-state index in [0.29, 0.717) is 25.2 Å². The first-order valence-corrected chi connectivity index (χ1v) is 12.1. The third kappa shape index (κ3) is 8.21. The van der Waals surface area contributed by atoms with Gasteiger partial charge in [0, 0.05) is 13.6 Å². The molecule has 176 valence electrons. The zero-order valence-electron chi connectivity index (χ0n) is 19.0. The lowest BCUT2D eigenvalue weighted by Crippen LogP contribution is -2.40. The van der Waals surface area contributed by atoms with Gasteiger partial charge in [-0.05, 0) is 38.3 Å². The number of benzene rings is 1. The Balaban J connectivity index is 1.61. The molecule has 0 aromatic heterocycles. The number of aliphatic imine (C=N–C) groups is 1. The Morgan fingerprint density at radius 1 is 1.06 bits per heavy atom. The molecule has 1 aliphatic rings. The van der Waals surface area contributed by atoms with E-state index >= 15 is 0 Å². The van der Waals surface area contributed by atoms with Crippen LogP contribution >= 0.6 is 23.2 Å². The first-order valence-electron chi connectivity index (χ1n) is 11.4. The van der Waals surface area contributed by atoms with Gasteiger partial charge in [0.25, 0.3) is 11.8 Å². The summed E-state index contributed by atoms with van der Waals surface area (Å²) < 4.78 is 0. The number of nitrogens with one attached hydrogen (secondary N) is 1. The number of halogens is 2. The van der Waals surface area contributed by atoms with Gasteiger partial charge in [-0.3, -0.25) is 19.4 Å². The van der Waals surface area contributed by atoms with Gasteiger partial charge in [-0.25, -0.2) is 0 Å². The molecular weight excluding hydrogens is 449 g/mol. The van der Waals surface area contributed by atoms with Crippen molar-refractivity contribution in [2.75, 3.05) is 20.1 Å². The van der Waals surface area contributed by atoms with E-state index in [-0.39, 0.29) is 27.3 Å². The number of Topliss-reactive ketones (excluding diaryl/α,β-unsaturated/α-hetero) is 1. The monoisotopic (exact) mass is 481 g/mol. The number of hydrogen-bond acceptors (Lipinski definition) is 4. The number of carbonyl (C=O) groups is 3. The second kappa shape index (κ2) is 13.6. The summed E-state index contributed by atoms with van der Waals surface area (Å²) in [5.41, 5.74) is 0.920. The molecule has 32 heavy (non-hydrogen) atoms. The SMILES string of the molecule is CC(=O)[C@H](CCCCCCCCCC1=NCCN(C)C1=O)NC(=O)c1c(Cl)cccc1Cl. The molecule has 6 nitrogen and oxygen atoms in total. The molecule has 0 aliphatic carbocycles. The van der Waals surface area contributed by atoms with Crippen molar-refractivity contribution in [3.8, 4) is 0 Å². The number of amides is 2. The summed E-state index contributed by atoms with van der Waals surface area (Å²) in [6.07, 6.45) is 8.61. The molecule has 0 fully saturated rings. The summed E-state index contributed by atoms with van der Waals surface area (Å²) in [5, 5.41) is 3.31. The van der Waals surface area contributed by atoms with E-state index in [0.717, 1.165) is 51.4 Å². The third-order valence-electron chi connectivity index (χ3n) is 5.72. The summed E-state index contributed by atoms with van der Waals surface area (Å²) in [6.45, 7) is 2.91. The van der Waals surface area contributed by atoms with Crippen molar-refractivity contribution in [2.24, 2.45) is 4.99 Å². The Hall–Kier alpha value is -1.92. The Morgan fingerprint density at radius 2 is 1.66 bits per heavy atom. The second-order valence-corrected chi connectivity index (χ2v) is 9.12. The molecule has 0 bridgehead atoms. The van der Waals surface area contributed by atoms with Gasteiger partial charge in [-0.2, -0.15) is 0 Å². The molecule has 1 heterocycles. The van der Waals surface area contributed by atoms with Gasteiger partial charge >= 0.3 is 0 Å². The van der Waals surface area contributed by atoms with Crippen LogP contribution in [-0.2, 0) is 9.59 Å². The van der Waals surface area contributed by atoms with Crippen LogP contribution in [0.2, 0.25) is 10.0 Å². The average Bonchev–Trinajstić information content (AvgIpc) is 2.74. The smallest absolute Gasteiger partial charge is 0.267 e. The third-order valence-corrected chi connectivity index (χ3v) is 6.35. The van der Waals surface area contributed by atoms with Gasteiger partial charge in [0.05, 0.1) is 33.9 Å². The predicted molar refractivity (Wildman–Crippen MR) is 130 cm³/mol. The fraction of sp³-hybridized carbons (Fsp3) is 0.583. The molecule has 0 spiro atoms. The number of likely N-dealkylation sites (N-methyl/N-ethyl adjacent to an activating group) is 1. The molecule has 2 rings (SSSR count). The lowest BCUT2D eigenvalue weighted by Gasteiger charge is -2.21. The van der Waals surface area contributed by atoms with Crippen molar-refractivity contribution in [1.82, 2.24) is 10.2 Å². The van der Waals surface area contributed by atoms with Gasteiger partial charge in [0.15, 0.2) is 5.78 Å². The summed E-state index contributed by atoms with van der Waals surface area (Å²) in [5.74, 6) is -0.430. The summed E-state index contributed by atoms with van der Waals surface area (Å²) in [7, 11) is 1.82. The fourth-order valence-electron chi connectivity index (χ4n) is 3.76. The van der Waals surface area contributed by atoms with Gasteiger partial charge in [0.2, 0.25) is 0 Å². The van der Waals surface area contributed by atoms with E-state index in [1.54, 1.807) is 23.1 Å². The minimum atomic E-state index is -0.540. The molecule has 1 aromatic rings. The minimum absolute atomic E-state index is 0.0696. The maximum absolute atomic E-state index is 12.5. The average molecular weight is 482 g/mol.